The van der Waals surface area contributed by atoms with E-state index in [9.17, 15) is 4.79 Å². The first-order chi connectivity index (χ1) is 12.3. The second kappa shape index (κ2) is 8.77. The third-order valence-electron chi connectivity index (χ3n) is 4.78. The van der Waals surface area contributed by atoms with Crippen LogP contribution >= 0.6 is 0 Å². The molecule has 0 spiro atoms. The van der Waals surface area contributed by atoms with E-state index < -0.39 is 0 Å². The van der Waals surface area contributed by atoms with Gasteiger partial charge in [-0.15, -0.1) is 0 Å². The molecule has 25 heavy (non-hydrogen) atoms. The van der Waals surface area contributed by atoms with Gasteiger partial charge in [-0.1, -0.05) is 30.3 Å². The minimum atomic E-state index is -0.229. The first kappa shape index (κ1) is 17.6. The number of carbonyl (C=O) groups is 1. The summed E-state index contributed by atoms with van der Waals surface area (Å²) in [7, 11) is 0. The molecule has 1 aliphatic carbocycles. The number of fused-ring (bicyclic) bond motifs is 1. The zero-order valence-electron chi connectivity index (χ0n) is 14.8. The van der Waals surface area contributed by atoms with Gasteiger partial charge in [0.05, 0.1) is 17.7 Å². The van der Waals surface area contributed by atoms with Crippen LogP contribution in [0.1, 0.15) is 55.0 Å². The Morgan fingerprint density at radius 1 is 1.28 bits per heavy atom. The number of nitrogens with zero attached hydrogens (tertiary/aromatic N) is 1. The molecule has 1 N–H and O–H groups in total. The normalized spacial score (nSPS) is 17.6. The number of amides is 1. The van der Waals surface area contributed by atoms with Gasteiger partial charge >= 0.3 is 0 Å². The Balaban J connectivity index is 1.39. The Kier molecular flexibility index (Phi) is 6.18. The number of rotatable bonds is 7. The fraction of sp³-hybridized carbons (Fsp3) is 0.429. The van der Waals surface area contributed by atoms with Gasteiger partial charge in [0.15, 0.2) is 0 Å². The zero-order chi connectivity index (χ0) is 17.5. The second-order valence-corrected chi connectivity index (χ2v) is 6.57. The molecule has 0 aliphatic heterocycles. The number of aryl methyl sites for hydroxylation is 1. The van der Waals surface area contributed by atoms with Crippen molar-refractivity contribution in [2.45, 2.75) is 44.6 Å². The number of nitrogens with one attached hydrogen (secondary N) is 1. The van der Waals surface area contributed by atoms with Crippen LogP contribution in [0.2, 0.25) is 0 Å². The van der Waals surface area contributed by atoms with Crippen LogP contribution in [0.5, 0.6) is 0 Å². The first-order valence-electron chi connectivity index (χ1n) is 9.14. The van der Waals surface area contributed by atoms with E-state index in [1.165, 1.54) is 17.5 Å². The van der Waals surface area contributed by atoms with Crippen LogP contribution in [0.4, 0.5) is 0 Å². The maximum absolute atomic E-state index is 12.2. The molecule has 1 heterocycles. The molecule has 132 valence electrons. The lowest BCUT2D eigenvalue weighted by molar-refractivity contribution is -0.122. The van der Waals surface area contributed by atoms with Gasteiger partial charge in [0.2, 0.25) is 5.91 Å². The van der Waals surface area contributed by atoms with Crippen LogP contribution in [-0.2, 0) is 16.0 Å². The zero-order valence-corrected chi connectivity index (χ0v) is 14.8. The largest absolute Gasteiger partial charge is 0.373 e. The molecule has 0 fully saturated rings. The number of hydrogen-bond acceptors (Lipinski definition) is 3. The van der Waals surface area contributed by atoms with E-state index in [1.54, 1.807) is 6.20 Å². The van der Waals surface area contributed by atoms with Crippen molar-refractivity contribution in [2.75, 3.05) is 13.2 Å². The monoisotopic (exact) mass is 338 g/mol. The molecule has 0 radical (unpaired) electrons. The van der Waals surface area contributed by atoms with Gasteiger partial charge in [0.25, 0.3) is 0 Å². The van der Waals surface area contributed by atoms with Crippen LogP contribution < -0.4 is 5.32 Å². The van der Waals surface area contributed by atoms with Gasteiger partial charge in [-0.25, -0.2) is 0 Å². The molecule has 3 rings (SSSR count). The van der Waals surface area contributed by atoms with E-state index in [4.69, 9.17) is 4.74 Å². The average molecular weight is 338 g/mol. The number of hydrogen-bond donors (Lipinski definition) is 1. The molecule has 1 amide bonds. The summed E-state index contributed by atoms with van der Waals surface area (Å²) in [6.07, 6.45) is 6.15. The number of pyridine rings is 1. The first-order valence-corrected chi connectivity index (χ1v) is 9.14. The molecule has 2 unspecified atom stereocenters. The van der Waals surface area contributed by atoms with Crippen molar-refractivity contribution in [2.24, 2.45) is 0 Å². The number of benzene rings is 1. The van der Waals surface area contributed by atoms with Crippen LogP contribution in [-0.4, -0.2) is 24.0 Å². The summed E-state index contributed by atoms with van der Waals surface area (Å²) in [4.78, 5) is 16.4. The maximum atomic E-state index is 12.2. The van der Waals surface area contributed by atoms with Crippen LogP contribution in [0.25, 0.3) is 0 Å². The number of aromatic nitrogens is 1. The molecule has 0 saturated carbocycles. The van der Waals surface area contributed by atoms with Crippen molar-refractivity contribution in [3.63, 3.8) is 0 Å². The molecule has 1 aromatic carbocycles. The highest BCUT2D eigenvalue weighted by Gasteiger charge is 2.20. The van der Waals surface area contributed by atoms with E-state index in [1.807, 2.05) is 25.1 Å². The third-order valence-corrected chi connectivity index (χ3v) is 4.78. The van der Waals surface area contributed by atoms with Crippen molar-refractivity contribution < 1.29 is 9.53 Å². The minimum Gasteiger partial charge on any atom is -0.373 e. The smallest absolute Gasteiger partial charge is 0.228 e. The molecule has 0 bridgehead atoms. The fourth-order valence-electron chi connectivity index (χ4n) is 3.31. The van der Waals surface area contributed by atoms with Crippen molar-refractivity contribution in [3.05, 3.63) is 65.5 Å². The average Bonchev–Trinajstić information content (AvgIpc) is 2.67. The molecule has 4 nitrogen and oxygen atoms in total. The molecule has 0 saturated heterocycles. The SMILES string of the molecule is CC(C(=O)NCCCOC1CCCc2ccccc21)c1ccccn1. The van der Waals surface area contributed by atoms with Crippen molar-refractivity contribution in [1.82, 2.24) is 10.3 Å². The van der Waals surface area contributed by atoms with Gasteiger partial charge in [-0.3, -0.25) is 9.78 Å². The summed E-state index contributed by atoms with van der Waals surface area (Å²) in [6.45, 7) is 3.18. The molecular formula is C21H26N2O2. The van der Waals surface area contributed by atoms with E-state index in [0.29, 0.717) is 13.2 Å². The van der Waals surface area contributed by atoms with E-state index in [2.05, 4.69) is 34.6 Å². The fourth-order valence-corrected chi connectivity index (χ4v) is 3.31. The van der Waals surface area contributed by atoms with Gasteiger partial charge in [0.1, 0.15) is 0 Å². The molecule has 2 atom stereocenters. The Hall–Kier alpha value is -2.20. The van der Waals surface area contributed by atoms with Crippen LogP contribution in [0.3, 0.4) is 0 Å². The highest BCUT2D eigenvalue weighted by molar-refractivity contribution is 5.82. The summed E-state index contributed by atoms with van der Waals surface area (Å²) in [5.74, 6) is -0.214. The van der Waals surface area contributed by atoms with Gasteiger partial charge in [-0.05, 0) is 55.9 Å². The molecule has 4 heteroatoms. The summed E-state index contributed by atoms with van der Waals surface area (Å²) in [5.41, 5.74) is 3.55. The Labute approximate surface area is 149 Å². The van der Waals surface area contributed by atoms with Crippen molar-refractivity contribution >= 4 is 5.91 Å². The lowest BCUT2D eigenvalue weighted by Crippen LogP contribution is -2.30. The topological polar surface area (TPSA) is 51.2 Å². The summed E-state index contributed by atoms with van der Waals surface area (Å²) in [5, 5.41) is 2.98. The quantitative estimate of drug-likeness (QED) is 0.782. The van der Waals surface area contributed by atoms with Gasteiger partial charge in [-0.2, -0.15) is 0 Å². The maximum Gasteiger partial charge on any atom is 0.228 e. The van der Waals surface area contributed by atoms with Crippen molar-refractivity contribution in [3.8, 4) is 0 Å². The Morgan fingerprint density at radius 2 is 2.12 bits per heavy atom. The predicted molar refractivity (Wildman–Crippen MR) is 98.4 cm³/mol. The minimum absolute atomic E-state index is 0.0155. The summed E-state index contributed by atoms with van der Waals surface area (Å²) >= 11 is 0. The third kappa shape index (κ3) is 4.67. The van der Waals surface area contributed by atoms with E-state index in [0.717, 1.165) is 25.0 Å². The molecule has 1 aliphatic rings. The summed E-state index contributed by atoms with van der Waals surface area (Å²) in [6, 6.07) is 14.2. The molecule has 2 aromatic rings. The van der Waals surface area contributed by atoms with E-state index >= 15 is 0 Å². The lowest BCUT2D eigenvalue weighted by atomic mass is 9.89. The standard InChI is InChI=1S/C21H26N2O2/c1-16(19-11-4-5-13-22-19)21(24)23-14-7-15-25-20-12-6-9-17-8-2-3-10-18(17)20/h2-5,8,10-11,13,16,20H,6-7,9,12,14-15H2,1H3,(H,23,24). The number of ether oxygens (including phenoxy) is 1. The lowest BCUT2D eigenvalue weighted by Gasteiger charge is -2.25. The number of carbonyl (C=O) groups excluding carboxylic acids is 1. The highest BCUT2D eigenvalue weighted by atomic mass is 16.5. The van der Waals surface area contributed by atoms with Crippen molar-refractivity contribution in [1.29, 1.82) is 0 Å². The highest BCUT2D eigenvalue weighted by Crippen LogP contribution is 2.32. The Morgan fingerprint density at radius 3 is 2.96 bits per heavy atom. The Bertz CT molecular complexity index is 687. The van der Waals surface area contributed by atoms with Crippen LogP contribution in [0, 0.1) is 0 Å². The molecule has 1 aromatic heterocycles. The van der Waals surface area contributed by atoms with Gasteiger partial charge < -0.3 is 10.1 Å². The second-order valence-electron chi connectivity index (χ2n) is 6.57. The van der Waals surface area contributed by atoms with Gasteiger partial charge in [0, 0.05) is 19.3 Å². The molecular weight excluding hydrogens is 312 g/mol. The summed E-state index contributed by atoms with van der Waals surface area (Å²) < 4.78 is 6.07. The predicted octanol–water partition coefficient (Wildman–Crippen LogP) is 3.79. The van der Waals surface area contributed by atoms with Crippen LogP contribution in [0.15, 0.2) is 48.7 Å². The van der Waals surface area contributed by atoms with E-state index in [-0.39, 0.29) is 17.9 Å².